The van der Waals surface area contributed by atoms with Gasteiger partial charge in [0.05, 0.1) is 28.7 Å². The Morgan fingerprint density at radius 2 is 1.04 bits per heavy atom. The number of pyridine rings is 2. The summed E-state index contributed by atoms with van der Waals surface area (Å²) in [5.41, 5.74) is -3.01. The summed E-state index contributed by atoms with van der Waals surface area (Å²) in [6, 6.07) is 2.65. The summed E-state index contributed by atoms with van der Waals surface area (Å²) < 4.78 is 2.21. The van der Waals surface area contributed by atoms with Crippen LogP contribution < -0.4 is 37.7 Å². The molecule has 11 N–H and O–H groups in total. The lowest BCUT2D eigenvalue weighted by Gasteiger charge is -2.24. The molecule has 0 radical (unpaired) electrons. The van der Waals surface area contributed by atoms with Crippen molar-refractivity contribution in [3.63, 3.8) is 0 Å². The number of aliphatic carboxylic acids is 2. The number of benzene rings is 1. The molecule has 2 aromatic heterocycles. The quantitative estimate of drug-likeness (QED) is 0.0403. The van der Waals surface area contributed by atoms with Gasteiger partial charge in [-0.15, -0.1) is 0 Å². The minimum Gasteiger partial charge on any atom is -0.504 e. The zero-order chi connectivity index (χ0) is 41.7. The van der Waals surface area contributed by atoms with Gasteiger partial charge in [0.25, 0.3) is 34.7 Å². The number of phenolic OH excluding ortho intramolecular Hbond substituents is 2. The van der Waals surface area contributed by atoms with Crippen LogP contribution in [0.2, 0.25) is 0 Å². The van der Waals surface area contributed by atoms with Crippen molar-refractivity contribution in [3.8, 4) is 23.0 Å². The fourth-order valence-corrected chi connectivity index (χ4v) is 5.03. The third-order valence-corrected chi connectivity index (χ3v) is 8.16. The number of hydrogen-bond acceptors (Lipinski definition) is 14. The standard InChI is InChI=1S/C34H42N8O14/c1-40-13-5-19(26(47)32(40)53)28(49)37-9-7-35-11-15-42(16-12-36-8-10-38-29(50)20-6-14-41(2)33(54)27(20)48)31(52)21-4-3-18(24(45)25(21)46)30(51)39-22(34(55)56)17-23(43)44/h3-6,13-14,22,35-36,45-48H,7-12,15-17H2,1-2H3,(H,37,49)(H,38,50)(H,39,51)(H,43,44)(H,55,56). The lowest BCUT2D eigenvalue weighted by Crippen LogP contribution is -2.43. The highest BCUT2D eigenvalue weighted by atomic mass is 16.4. The van der Waals surface area contributed by atoms with Crippen LogP contribution in [0.25, 0.3) is 0 Å². The van der Waals surface area contributed by atoms with Crippen LogP contribution in [0.4, 0.5) is 0 Å². The van der Waals surface area contributed by atoms with E-state index in [1.54, 1.807) is 0 Å². The molecule has 0 aliphatic rings. The Kier molecular flexibility index (Phi) is 15.5. The normalized spacial score (nSPS) is 11.3. The lowest BCUT2D eigenvalue weighted by atomic mass is 10.1. The van der Waals surface area contributed by atoms with Crippen LogP contribution >= 0.6 is 0 Å². The molecule has 1 unspecified atom stereocenters. The number of carbonyl (C=O) groups is 6. The molecule has 0 saturated carbocycles. The minimum absolute atomic E-state index is 0.0130. The van der Waals surface area contributed by atoms with Gasteiger partial charge < -0.3 is 71.3 Å². The summed E-state index contributed by atoms with van der Waals surface area (Å²) in [7, 11) is 2.82. The van der Waals surface area contributed by atoms with Gasteiger partial charge in [-0.1, -0.05) is 0 Å². The van der Waals surface area contributed by atoms with E-state index in [0.29, 0.717) is 0 Å². The van der Waals surface area contributed by atoms with Crippen LogP contribution in [0.3, 0.4) is 0 Å². The molecular formula is C34H42N8O14. The Bertz CT molecular complexity index is 2010. The van der Waals surface area contributed by atoms with E-state index in [9.17, 15) is 63.9 Å². The molecule has 0 aliphatic heterocycles. The molecule has 0 spiro atoms. The second-order valence-corrected chi connectivity index (χ2v) is 12.1. The molecule has 0 fully saturated rings. The molecule has 22 heteroatoms. The first-order valence-corrected chi connectivity index (χ1v) is 16.8. The molecule has 0 saturated heterocycles. The van der Waals surface area contributed by atoms with Gasteiger partial charge in [-0.05, 0) is 24.3 Å². The number of nitrogens with zero attached hydrogens (tertiary/aromatic N) is 3. The first-order chi connectivity index (χ1) is 26.5. The smallest absolute Gasteiger partial charge is 0.326 e. The zero-order valence-corrected chi connectivity index (χ0v) is 30.2. The fraction of sp³-hybridized carbons (Fsp3) is 0.353. The predicted molar refractivity (Wildman–Crippen MR) is 194 cm³/mol. The maximum absolute atomic E-state index is 13.6. The minimum atomic E-state index is -1.86. The molecule has 1 aromatic carbocycles. The monoisotopic (exact) mass is 786 g/mol. The SMILES string of the molecule is Cn1ccc(C(=O)NCCNCCN(CCNCCNC(=O)c2ccn(C)c(=O)c2O)C(=O)c2ccc(C(=O)NC(CC(=O)O)C(=O)O)c(O)c2O)c(O)c1=O. The van der Waals surface area contributed by atoms with Crippen LogP contribution in [0.15, 0.2) is 46.2 Å². The van der Waals surface area contributed by atoms with E-state index in [2.05, 4.69) is 21.3 Å². The molecule has 2 heterocycles. The van der Waals surface area contributed by atoms with E-state index in [1.807, 2.05) is 5.32 Å². The van der Waals surface area contributed by atoms with Gasteiger partial charge >= 0.3 is 11.9 Å². The fourth-order valence-electron chi connectivity index (χ4n) is 5.03. The van der Waals surface area contributed by atoms with Crippen molar-refractivity contribution in [1.82, 2.24) is 40.6 Å². The Balaban J connectivity index is 1.65. The van der Waals surface area contributed by atoms with Gasteiger partial charge in [0, 0.05) is 78.8 Å². The number of phenols is 2. The molecular weight excluding hydrogens is 744 g/mol. The summed E-state index contributed by atoms with van der Waals surface area (Å²) >= 11 is 0. The van der Waals surface area contributed by atoms with E-state index in [4.69, 9.17) is 5.11 Å². The number of amides is 4. The molecule has 56 heavy (non-hydrogen) atoms. The van der Waals surface area contributed by atoms with Crippen molar-refractivity contribution >= 4 is 35.6 Å². The molecule has 0 aliphatic carbocycles. The van der Waals surface area contributed by atoms with Gasteiger partial charge in [-0.25, -0.2) is 4.79 Å². The number of aryl methyl sites for hydroxylation is 2. The van der Waals surface area contributed by atoms with Gasteiger partial charge in [0.2, 0.25) is 0 Å². The molecule has 1 atom stereocenters. The van der Waals surface area contributed by atoms with Crippen molar-refractivity contribution < 1.29 is 59.4 Å². The van der Waals surface area contributed by atoms with Crippen molar-refractivity contribution in [2.45, 2.75) is 12.5 Å². The van der Waals surface area contributed by atoms with Crippen LogP contribution in [0.5, 0.6) is 23.0 Å². The topological polar surface area (TPSA) is 331 Å². The highest BCUT2D eigenvalue weighted by Gasteiger charge is 2.28. The number of carboxylic acids is 2. The zero-order valence-electron chi connectivity index (χ0n) is 30.2. The first kappa shape index (κ1) is 43.5. The predicted octanol–water partition coefficient (Wildman–Crippen LogP) is -2.95. The van der Waals surface area contributed by atoms with E-state index in [0.717, 1.165) is 21.3 Å². The maximum Gasteiger partial charge on any atom is 0.326 e. The van der Waals surface area contributed by atoms with E-state index >= 15 is 0 Å². The van der Waals surface area contributed by atoms with Crippen LogP contribution in [0, 0.1) is 0 Å². The summed E-state index contributed by atoms with van der Waals surface area (Å²) in [5.74, 6) is -10.1. The van der Waals surface area contributed by atoms with E-state index in [1.165, 1.54) is 43.5 Å². The summed E-state index contributed by atoms with van der Waals surface area (Å²) in [6.45, 7) is 0.686. The summed E-state index contributed by atoms with van der Waals surface area (Å²) in [6.07, 6.45) is 1.67. The molecule has 22 nitrogen and oxygen atoms in total. The lowest BCUT2D eigenvalue weighted by molar-refractivity contribution is -0.145. The second-order valence-electron chi connectivity index (χ2n) is 12.1. The van der Waals surface area contributed by atoms with Gasteiger partial charge in [-0.2, -0.15) is 0 Å². The van der Waals surface area contributed by atoms with Crippen molar-refractivity contribution in [3.05, 3.63) is 79.6 Å². The Hall–Kier alpha value is -6.94. The highest BCUT2D eigenvalue weighted by Crippen LogP contribution is 2.33. The third-order valence-electron chi connectivity index (χ3n) is 8.16. The van der Waals surface area contributed by atoms with Crippen molar-refractivity contribution in [1.29, 1.82) is 0 Å². The largest absolute Gasteiger partial charge is 0.504 e. The molecule has 0 bridgehead atoms. The second kappa shape index (κ2) is 19.9. The number of nitrogens with one attached hydrogen (secondary N) is 5. The molecule has 3 aromatic rings. The number of aromatic nitrogens is 2. The van der Waals surface area contributed by atoms with E-state index < -0.39 is 93.3 Å². The summed E-state index contributed by atoms with van der Waals surface area (Å²) in [5, 5.41) is 72.5. The van der Waals surface area contributed by atoms with Crippen molar-refractivity contribution in [2.75, 3.05) is 52.4 Å². The Morgan fingerprint density at radius 1 is 0.607 bits per heavy atom. The van der Waals surface area contributed by atoms with Crippen LogP contribution in [0.1, 0.15) is 47.9 Å². The molecule has 4 amide bonds. The molecule has 3 rings (SSSR count). The summed E-state index contributed by atoms with van der Waals surface area (Å²) in [4.78, 5) is 98.6. The first-order valence-electron chi connectivity index (χ1n) is 16.8. The number of hydrogen-bond donors (Lipinski definition) is 11. The van der Waals surface area contributed by atoms with Gasteiger partial charge in [0.15, 0.2) is 23.0 Å². The van der Waals surface area contributed by atoms with Gasteiger partial charge in [-0.3, -0.25) is 33.6 Å². The Morgan fingerprint density at radius 3 is 1.48 bits per heavy atom. The average molecular weight is 787 g/mol. The van der Waals surface area contributed by atoms with Crippen LogP contribution in [-0.2, 0) is 23.7 Å². The number of carboxylic acid groups (broad SMARTS) is 2. The van der Waals surface area contributed by atoms with E-state index in [-0.39, 0.29) is 63.5 Å². The average Bonchev–Trinajstić information content (AvgIpc) is 3.14. The number of aromatic hydroxyl groups is 4. The Labute approximate surface area is 317 Å². The van der Waals surface area contributed by atoms with Gasteiger partial charge in [0.1, 0.15) is 6.04 Å². The highest BCUT2D eigenvalue weighted by molar-refractivity contribution is 6.04. The van der Waals surface area contributed by atoms with Crippen LogP contribution in [-0.4, -0.2) is 139 Å². The maximum atomic E-state index is 13.6. The number of rotatable bonds is 20. The molecule has 302 valence electrons. The van der Waals surface area contributed by atoms with Crippen molar-refractivity contribution in [2.24, 2.45) is 14.1 Å². The number of carbonyl (C=O) groups excluding carboxylic acids is 4. The third kappa shape index (κ3) is 11.3.